The van der Waals surface area contributed by atoms with Gasteiger partial charge < -0.3 is 9.47 Å². The van der Waals surface area contributed by atoms with Crippen molar-refractivity contribution >= 4 is 11.4 Å². The van der Waals surface area contributed by atoms with Gasteiger partial charge in [0.1, 0.15) is 23.0 Å². The molecule has 0 bridgehead atoms. The zero-order valence-corrected chi connectivity index (χ0v) is 26.9. The molecule has 48 heavy (non-hydrogen) atoms. The topological polar surface area (TPSA) is 105 Å². The van der Waals surface area contributed by atoms with Gasteiger partial charge in [0, 0.05) is 29.7 Å². The summed E-state index contributed by atoms with van der Waals surface area (Å²) in [6.45, 7) is 2.22. The molecule has 1 saturated carbocycles. The SMILES string of the molecule is CCCCc1ccc(C2CCC(c3ccc(Oc4ccc([N+](=O)[O-])cc4)cc3)(c3ccc(Oc4ccc([N+](=O)[O-])cc4)cc3)CC2)cc1. The Morgan fingerprint density at radius 2 is 1.00 bits per heavy atom. The van der Waals surface area contributed by atoms with Crippen LogP contribution in [0.15, 0.2) is 121 Å². The average molecular weight is 643 g/mol. The molecule has 0 aromatic heterocycles. The van der Waals surface area contributed by atoms with Gasteiger partial charge in [0.25, 0.3) is 11.4 Å². The number of rotatable bonds is 12. The van der Waals surface area contributed by atoms with Gasteiger partial charge in [-0.15, -0.1) is 0 Å². The number of ether oxygens (including phenoxy) is 2. The Bertz CT molecular complexity index is 1720. The van der Waals surface area contributed by atoms with Crippen LogP contribution in [0.5, 0.6) is 23.0 Å². The minimum absolute atomic E-state index is 0.0202. The van der Waals surface area contributed by atoms with Crippen LogP contribution in [-0.2, 0) is 11.8 Å². The molecule has 1 fully saturated rings. The molecular formula is C40H38N2O6. The van der Waals surface area contributed by atoms with E-state index in [9.17, 15) is 20.2 Å². The molecule has 0 unspecified atom stereocenters. The Labute approximate surface area is 280 Å². The number of nitrogens with zero attached hydrogens (tertiary/aromatic N) is 2. The van der Waals surface area contributed by atoms with Crippen molar-refractivity contribution in [3.8, 4) is 23.0 Å². The highest BCUT2D eigenvalue weighted by Crippen LogP contribution is 2.49. The Morgan fingerprint density at radius 3 is 1.38 bits per heavy atom. The van der Waals surface area contributed by atoms with Crippen LogP contribution >= 0.6 is 0 Å². The second-order valence-electron chi connectivity index (χ2n) is 12.5. The number of hydrogen-bond acceptors (Lipinski definition) is 6. The molecule has 0 spiro atoms. The Kier molecular flexibility index (Phi) is 9.80. The maximum atomic E-state index is 11.0. The van der Waals surface area contributed by atoms with Gasteiger partial charge in [-0.1, -0.05) is 61.9 Å². The Balaban J connectivity index is 1.23. The second-order valence-corrected chi connectivity index (χ2v) is 12.5. The van der Waals surface area contributed by atoms with Crippen LogP contribution in [0.25, 0.3) is 0 Å². The maximum Gasteiger partial charge on any atom is 0.269 e. The number of nitro benzene ring substituents is 2. The number of aryl methyl sites for hydroxylation is 1. The van der Waals surface area contributed by atoms with Crippen LogP contribution in [0.3, 0.4) is 0 Å². The molecule has 6 rings (SSSR count). The molecular weight excluding hydrogens is 604 g/mol. The van der Waals surface area contributed by atoms with Crippen LogP contribution in [0.1, 0.15) is 73.6 Å². The van der Waals surface area contributed by atoms with Crippen LogP contribution in [-0.4, -0.2) is 9.85 Å². The first-order valence-corrected chi connectivity index (χ1v) is 16.5. The molecule has 5 aromatic carbocycles. The normalized spacial score (nSPS) is 14.3. The van der Waals surface area contributed by atoms with E-state index in [2.05, 4.69) is 55.5 Å². The lowest BCUT2D eigenvalue weighted by Gasteiger charge is -2.41. The summed E-state index contributed by atoms with van der Waals surface area (Å²) in [5, 5.41) is 22.0. The summed E-state index contributed by atoms with van der Waals surface area (Å²) in [6.07, 6.45) is 7.58. The molecule has 1 aliphatic rings. The van der Waals surface area contributed by atoms with Crippen LogP contribution in [0.2, 0.25) is 0 Å². The average Bonchev–Trinajstić information content (AvgIpc) is 3.12. The van der Waals surface area contributed by atoms with Crippen molar-refractivity contribution in [2.75, 3.05) is 0 Å². The predicted octanol–water partition coefficient (Wildman–Crippen LogP) is 11.1. The van der Waals surface area contributed by atoms with Crippen LogP contribution in [0, 0.1) is 20.2 Å². The summed E-state index contributed by atoms with van der Waals surface area (Å²) in [5.41, 5.74) is 5.04. The summed E-state index contributed by atoms with van der Waals surface area (Å²) in [5.74, 6) is 2.88. The third-order valence-electron chi connectivity index (χ3n) is 9.49. The van der Waals surface area contributed by atoms with Crippen LogP contribution < -0.4 is 9.47 Å². The van der Waals surface area contributed by atoms with Crippen molar-refractivity contribution < 1.29 is 19.3 Å². The molecule has 0 atom stereocenters. The van der Waals surface area contributed by atoms with E-state index in [0.717, 1.165) is 32.1 Å². The number of non-ortho nitro benzene ring substituents is 2. The Hall–Kier alpha value is -5.50. The minimum atomic E-state index is -0.427. The molecule has 0 radical (unpaired) electrons. The van der Waals surface area contributed by atoms with Gasteiger partial charge >= 0.3 is 0 Å². The summed E-state index contributed by atoms with van der Waals surface area (Å²) < 4.78 is 12.0. The molecule has 0 amide bonds. The second kappa shape index (κ2) is 14.5. The summed E-state index contributed by atoms with van der Waals surface area (Å²) >= 11 is 0. The van der Waals surface area contributed by atoms with Crippen molar-refractivity contribution in [1.82, 2.24) is 0 Å². The first-order chi connectivity index (χ1) is 23.3. The number of hydrogen-bond donors (Lipinski definition) is 0. The standard InChI is InChI=1S/C40H38N2O6/c1-2-3-4-29-5-7-30(8-6-29)31-25-27-40(28-26-31,32-9-17-36(18-10-32)47-38-21-13-34(14-22-38)41(43)44)33-11-19-37(20-12-33)48-39-23-15-35(16-24-39)42(45)46/h5-24,31H,2-4,25-28H2,1H3. The van der Waals surface area contributed by atoms with E-state index in [-0.39, 0.29) is 16.8 Å². The smallest absolute Gasteiger partial charge is 0.269 e. The van der Waals surface area contributed by atoms with E-state index < -0.39 is 9.85 Å². The summed E-state index contributed by atoms with van der Waals surface area (Å²) in [7, 11) is 0. The fourth-order valence-electron chi connectivity index (χ4n) is 6.75. The van der Waals surface area contributed by atoms with E-state index in [1.807, 2.05) is 24.3 Å². The zero-order chi connectivity index (χ0) is 33.5. The molecule has 0 saturated heterocycles. The summed E-state index contributed by atoms with van der Waals surface area (Å²) in [6, 6.07) is 37.7. The molecule has 8 nitrogen and oxygen atoms in total. The lowest BCUT2D eigenvalue weighted by atomic mass is 9.62. The highest BCUT2D eigenvalue weighted by Gasteiger charge is 2.39. The highest BCUT2D eigenvalue weighted by atomic mass is 16.6. The van der Waals surface area contributed by atoms with Crippen molar-refractivity contribution in [1.29, 1.82) is 0 Å². The van der Waals surface area contributed by atoms with Gasteiger partial charge in [-0.2, -0.15) is 0 Å². The maximum absolute atomic E-state index is 11.0. The largest absolute Gasteiger partial charge is 0.457 e. The Morgan fingerprint density at radius 1 is 0.604 bits per heavy atom. The van der Waals surface area contributed by atoms with E-state index in [1.54, 1.807) is 24.3 Å². The monoisotopic (exact) mass is 642 g/mol. The van der Waals surface area contributed by atoms with Crippen molar-refractivity contribution in [2.24, 2.45) is 0 Å². The molecule has 5 aromatic rings. The van der Waals surface area contributed by atoms with E-state index in [0.29, 0.717) is 28.9 Å². The van der Waals surface area contributed by atoms with Gasteiger partial charge in [-0.3, -0.25) is 20.2 Å². The van der Waals surface area contributed by atoms with E-state index >= 15 is 0 Å². The van der Waals surface area contributed by atoms with Gasteiger partial charge in [0.2, 0.25) is 0 Å². The fraction of sp³-hybridized carbons (Fsp3) is 0.250. The molecule has 0 heterocycles. The first kappa shape index (κ1) is 32.4. The third kappa shape index (κ3) is 7.39. The predicted molar refractivity (Wildman–Crippen MR) is 186 cm³/mol. The summed E-state index contributed by atoms with van der Waals surface area (Å²) in [4.78, 5) is 21.2. The number of benzene rings is 5. The van der Waals surface area contributed by atoms with Crippen molar-refractivity contribution in [2.45, 2.75) is 63.2 Å². The minimum Gasteiger partial charge on any atom is -0.457 e. The van der Waals surface area contributed by atoms with Gasteiger partial charge in [0.15, 0.2) is 0 Å². The molecule has 0 N–H and O–H groups in total. The molecule has 244 valence electrons. The molecule has 1 aliphatic carbocycles. The van der Waals surface area contributed by atoms with Crippen molar-refractivity contribution in [3.63, 3.8) is 0 Å². The quantitative estimate of drug-likeness (QED) is 0.0990. The third-order valence-corrected chi connectivity index (χ3v) is 9.49. The molecule has 0 aliphatic heterocycles. The van der Waals surface area contributed by atoms with Crippen LogP contribution in [0.4, 0.5) is 11.4 Å². The van der Waals surface area contributed by atoms with E-state index in [1.165, 1.54) is 59.4 Å². The lowest BCUT2D eigenvalue weighted by Crippen LogP contribution is -2.32. The number of unbranched alkanes of at least 4 members (excludes halogenated alkanes) is 1. The highest BCUT2D eigenvalue weighted by molar-refractivity contribution is 5.47. The fourth-order valence-corrected chi connectivity index (χ4v) is 6.75. The number of nitro groups is 2. The van der Waals surface area contributed by atoms with Gasteiger partial charge in [-0.05, 0) is 115 Å². The van der Waals surface area contributed by atoms with Gasteiger partial charge in [-0.25, -0.2) is 0 Å². The first-order valence-electron chi connectivity index (χ1n) is 16.5. The van der Waals surface area contributed by atoms with Crippen molar-refractivity contribution in [3.05, 3.63) is 164 Å². The van der Waals surface area contributed by atoms with Gasteiger partial charge in [0.05, 0.1) is 9.85 Å². The van der Waals surface area contributed by atoms with E-state index in [4.69, 9.17) is 9.47 Å². The lowest BCUT2D eigenvalue weighted by molar-refractivity contribution is -0.385. The zero-order valence-electron chi connectivity index (χ0n) is 26.9. The molecule has 8 heteroatoms.